The van der Waals surface area contributed by atoms with Gasteiger partial charge in [0.25, 0.3) is 0 Å². The monoisotopic (exact) mass is 198 g/mol. The number of rotatable bonds is 1. The molecule has 80 valence electrons. The van der Waals surface area contributed by atoms with Crippen molar-refractivity contribution < 1.29 is 9.53 Å². The van der Waals surface area contributed by atoms with Gasteiger partial charge in [0.15, 0.2) is 0 Å². The van der Waals surface area contributed by atoms with Crippen LogP contribution in [0.25, 0.3) is 0 Å². The predicted molar refractivity (Wildman–Crippen MR) is 53.1 cm³/mol. The second-order valence-electron chi connectivity index (χ2n) is 4.16. The molecule has 0 spiro atoms. The largest absolute Gasteiger partial charge is 0.464 e. The summed E-state index contributed by atoms with van der Waals surface area (Å²) in [7, 11) is 2.14. The molecule has 2 saturated heterocycles. The first-order valence-corrected chi connectivity index (χ1v) is 5.36. The molecule has 1 unspecified atom stereocenters. The van der Waals surface area contributed by atoms with Crippen LogP contribution in [0.2, 0.25) is 0 Å². The highest BCUT2D eigenvalue weighted by Crippen LogP contribution is 2.15. The van der Waals surface area contributed by atoms with Gasteiger partial charge in [-0.2, -0.15) is 0 Å². The third-order valence-corrected chi connectivity index (χ3v) is 3.10. The molecule has 0 radical (unpaired) electrons. The second kappa shape index (κ2) is 4.28. The minimum atomic E-state index is -0.0189. The van der Waals surface area contributed by atoms with Crippen molar-refractivity contribution in [3.05, 3.63) is 0 Å². The van der Waals surface area contributed by atoms with E-state index >= 15 is 0 Å². The Bertz CT molecular complexity index is 220. The molecule has 0 bridgehead atoms. The van der Waals surface area contributed by atoms with E-state index in [0.29, 0.717) is 6.61 Å². The van der Waals surface area contributed by atoms with Crippen molar-refractivity contribution in [2.45, 2.75) is 18.9 Å². The molecule has 0 aromatic rings. The molecule has 0 aromatic heterocycles. The Morgan fingerprint density at radius 3 is 2.86 bits per heavy atom. The summed E-state index contributed by atoms with van der Waals surface area (Å²) in [6, 6.07) is 0.0431. The van der Waals surface area contributed by atoms with Gasteiger partial charge in [-0.15, -0.1) is 0 Å². The summed E-state index contributed by atoms with van der Waals surface area (Å²) in [6.45, 7) is 4.83. The minimum Gasteiger partial charge on any atom is -0.464 e. The van der Waals surface area contributed by atoms with Crippen LogP contribution < -0.4 is 0 Å². The van der Waals surface area contributed by atoms with E-state index in [-0.39, 0.29) is 12.0 Å². The lowest BCUT2D eigenvalue weighted by Crippen LogP contribution is -2.40. The zero-order valence-corrected chi connectivity index (χ0v) is 8.74. The van der Waals surface area contributed by atoms with E-state index in [1.165, 1.54) is 0 Å². The average Bonchev–Trinajstić information content (AvgIpc) is 2.46. The van der Waals surface area contributed by atoms with Crippen molar-refractivity contribution in [1.82, 2.24) is 9.80 Å². The summed E-state index contributed by atoms with van der Waals surface area (Å²) in [5.41, 5.74) is 0. The third-order valence-electron chi connectivity index (χ3n) is 3.10. The maximum atomic E-state index is 11.4. The van der Waals surface area contributed by atoms with Crippen LogP contribution in [-0.4, -0.2) is 61.6 Å². The molecule has 2 heterocycles. The lowest BCUT2D eigenvalue weighted by Gasteiger charge is -2.23. The number of carbonyl (C=O) groups is 1. The molecular formula is C10H18N2O2. The highest BCUT2D eigenvalue weighted by molar-refractivity contribution is 5.77. The van der Waals surface area contributed by atoms with E-state index in [2.05, 4.69) is 16.8 Å². The highest BCUT2D eigenvalue weighted by Gasteiger charge is 2.32. The summed E-state index contributed by atoms with van der Waals surface area (Å²) in [6.07, 6.45) is 2.03. The maximum Gasteiger partial charge on any atom is 0.323 e. The molecule has 14 heavy (non-hydrogen) atoms. The molecule has 4 heteroatoms. The number of carbonyl (C=O) groups excluding carboxylic acids is 1. The van der Waals surface area contributed by atoms with Crippen LogP contribution in [0.4, 0.5) is 0 Å². The number of hydrogen-bond donors (Lipinski definition) is 0. The fourth-order valence-electron chi connectivity index (χ4n) is 2.19. The van der Waals surface area contributed by atoms with Crippen molar-refractivity contribution in [3.8, 4) is 0 Å². The Balaban J connectivity index is 1.93. The van der Waals surface area contributed by atoms with Gasteiger partial charge < -0.3 is 9.64 Å². The Morgan fingerprint density at radius 1 is 1.29 bits per heavy atom. The number of ether oxygens (including phenoxy) is 1. The van der Waals surface area contributed by atoms with E-state index in [0.717, 1.165) is 39.0 Å². The summed E-state index contributed by atoms with van der Waals surface area (Å²) >= 11 is 0. The quantitative estimate of drug-likeness (QED) is 0.553. The number of likely N-dealkylation sites (N-methyl/N-ethyl adjacent to an activating group) is 1. The lowest BCUT2D eigenvalue weighted by atomic mass is 10.2. The Kier molecular flexibility index (Phi) is 3.03. The van der Waals surface area contributed by atoms with E-state index in [4.69, 9.17) is 4.74 Å². The van der Waals surface area contributed by atoms with E-state index in [1.54, 1.807) is 0 Å². The summed E-state index contributed by atoms with van der Waals surface area (Å²) in [5, 5.41) is 0. The number of esters is 1. The highest BCUT2D eigenvalue weighted by atomic mass is 16.5. The van der Waals surface area contributed by atoms with Crippen molar-refractivity contribution in [1.29, 1.82) is 0 Å². The summed E-state index contributed by atoms with van der Waals surface area (Å²) in [4.78, 5) is 16.0. The fourth-order valence-corrected chi connectivity index (χ4v) is 2.19. The standard InChI is InChI=1S/C10H18N2O2/c1-11-4-2-5-12(7-6-11)9-3-8-14-10(9)13/h9H,2-8H2,1H3. The van der Waals surface area contributed by atoms with Crippen LogP contribution in [0.3, 0.4) is 0 Å². The number of nitrogens with zero attached hydrogens (tertiary/aromatic N) is 2. The van der Waals surface area contributed by atoms with Crippen LogP contribution >= 0.6 is 0 Å². The molecule has 0 N–H and O–H groups in total. The molecule has 2 fully saturated rings. The molecule has 0 aromatic carbocycles. The molecule has 2 aliphatic rings. The van der Waals surface area contributed by atoms with Gasteiger partial charge >= 0.3 is 5.97 Å². The maximum absolute atomic E-state index is 11.4. The van der Waals surface area contributed by atoms with Crippen molar-refractivity contribution in [2.75, 3.05) is 39.8 Å². The van der Waals surface area contributed by atoms with Gasteiger partial charge in [-0.25, -0.2) is 0 Å². The first-order valence-electron chi connectivity index (χ1n) is 5.36. The van der Waals surface area contributed by atoms with E-state index in [9.17, 15) is 4.79 Å². The molecule has 2 rings (SSSR count). The van der Waals surface area contributed by atoms with Crippen molar-refractivity contribution >= 4 is 5.97 Å². The molecule has 0 amide bonds. The van der Waals surface area contributed by atoms with Crippen LogP contribution in [0, 0.1) is 0 Å². The third kappa shape index (κ3) is 2.07. The predicted octanol–water partition coefficient (Wildman–Crippen LogP) is -0.0606. The first-order chi connectivity index (χ1) is 6.77. The van der Waals surface area contributed by atoms with Crippen LogP contribution in [0.1, 0.15) is 12.8 Å². The first kappa shape index (κ1) is 9.93. The Morgan fingerprint density at radius 2 is 2.14 bits per heavy atom. The number of hydrogen-bond acceptors (Lipinski definition) is 4. The number of cyclic esters (lactones) is 1. The van der Waals surface area contributed by atoms with Gasteiger partial charge in [-0.3, -0.25) is 9.69 Å². The molecule has 0 aliphatic carbocycles. The van der Waals surface area contributed by atoms with Gasteiger partial charge in [0.2, 0.25) is 0 Å². The minimum absolute atomic E-state index is 0.0189. The Labute approximate surface area is 84.8 Å². The van der Waals surface area contributed by atoms with Crippen molar-refractivity contribution in [2.24, 2.45) is 0 Å². The van der Waals surface area contributed by atoms with E-state index < -0.39 is 0 Å². The van der Waals surface area contributed by atoms with Crippen LogP contribution in [0.15, 0.2) is 0 Å². The normalized spacial score (nSPS) is 31.5. The van der Waals surface area contributed by atoms with Gasteiger partial charge in [0.05, 0.1) is 6.61 Å². The lowest BCUT2D eigenvalue weighted by molar-refractivity contribution is -0.142. The Hall–Kier alpha value is -0.610. The smallest absolute Gasteiger partial charge is 0.323 e. The topological polar surface area (TPSA) is 32.8 Å². The summed E-state index contributed by atoms with van der Waals surface area (Å²) < 4.78 is 4.99. The molecule has 0 saturated carbocycles. The summed E-state index contributed by atoms with van der Waals surface area (Å²) in [5.74, 6) is -0.0189. The average molecular weight is 198 g/mol. The van der Waals surface area contributed by atoms with Gasteiger partial charge in [0.1, 0.15) is 6.04 Å². The molecule has 2 aliphatic heterocycles. The van der Waals surface area contributed by atoms with E-state index in [1.807, 2.05) is 0 Å². The molecular weight excluding hydrogens is 180 g/mol. The SMILES string of the molecule is CN1CCCN(C2CCOC2=O)CC1. The zero-order chi connectivity index (χ0) is 9.97. The van der Waals surface area contributed by atoms with Crippen LogP contribution in [-0.2, 0) is 9.53 Å². The second-order valence-corrected chi connectivity index (χ2v) is 4.16. The zero-order valence-electron chi connectivity index (χ0n) is 8.74. The molecule has 1 atom stereocenters. The van der Waals surface area contributed by atoms with Crippen molar-refractivity contribution in [3.63, 3.8) is 0 Å². The van der Waals surface area contributed by atoms with Gasteiger partial charge in [-0.05, 0) is 20.0 Å². The fraction of sp³-hybridized carbons (Fsp3) is 0.900. The molecule has 4 nitrogen and oxygen atoms in total. The van der Waals surface area contributed by atoms with Gasteiger partial charge in [0, 0.05) is 26.1 Å². The van der Waals surface area contributed by atoms with Gasteiger partial charge in [-0.1, -0.05) is 0 Å². The van der Waals surface area contributed by atoms with Crippen LogP contribution in [0.5, 0.6) is 0 Å².